The van der Waals surface area contributed by atoms with Gasteiger partial charge in [0, 0.05) is 89.1 Å². The average Bonchev–Trinajstić information content (AvgIpc) is 1.58. The minimum Gasteiger partial charge on any atom is -0.505 e. The van der Waals surface area contributed by atoms with Crippen LogP contribution in [0, 0.1) is 17.5 Å². The Labute approximate surface area is 567 Å². The number of aliphatic hydroxyl groups excluding tert-OH is 2. The zero-order valence-corrected chi connectivity index (χ0v) is 55.5. The molecule has 23 heteroatoms. The van der Waals surface area contributed by atoms with E-state index in [1.807, 2.05) is 18.2 Å². The fourth-order valence-electron chi connectivity index (χ4n) is 14.6. The second kappa shape index (κ2) is 25.4. The van der Waals surface area contributed by atoms with E-state index in [0.29, 0.717) is 109 Å². The molecule has 0 unspecified atom stereocenters. The topological polar surface area (TPSA) is 288 Å². The van der Waals surface area contributed by atoms with E-state index in [2.05, 4.69) is 30.9 Å². The maximum Gasteiger partial charge on any atom is 0.258 e. The van der Waals surface area contributed by atoms with Gasteiger partial charge < -0.3 is 56.2 Å². The molecule has 0 radical (unpaired) electrons. The van der Waals surface area contributed by atoms with Crippen LogP contribution in [0.15, 0.2) is 110 Å². The highest BCUT2D eigenvalue weighted by Crippen LogP contribution is 2.58. The lowest BCUT2D eigenvalue weighted by atomic mass is 9.83. The summed E-state index contributed by atoms with van der Waals surface area (Å²) >= 11 is 0. The summed E-state index contributed by atoms with van der Waals surface area (Å²) in [6.07, 6.45) is 10.2. The first-order valence-electron chi connectivity index (χ1n) is 32.8. The first-order chi connectivity index (χ1) is 47.3. The molecule has 3 aromatic heterocycles. The summed E-state index contributed by atoms with van der Waals surface area (Å²) in [4.78, 5) is 96.1. The molecule has 0 atom stereocenters. The van der Waals surface area contributed by atoms with Crippen molar-refractivity contribution in [3.8, 4) is 17.2 Å². The molecule has 3 fully saturated rings. The smallest absolute Gasteiger partial charge is 0.258 e. The van der Waals surface area contributed by atoms with Gasteiger partial charge in [0.2, 0.25) is 17.7 Å². The lowest BCUT2D eigenvalue weighted by Crippen LogP contribution is -2.50. The van der Waals surface area contributed by atoms with Crippen molar-refractivity contribution in [1.29, 1.82) is 0 Å². The molecule has 15 rings (SSSR count). The minimum absolute atomic E-state index is 0.0902. The van der Waals surface area contributed by atoms with Gasteiger partial charge in [-0.3, -0.25) is 43.7 Å². The van der Waals surface area contributed by atoms with Gasteiger partial charge in [-0.1, -0.05) is 36.4 Å². The number of halogens is 3. The minimum atomic E-state index is -0.871. The van der Waals surface area contributed by atoms with Crippen LogP contribution < -0.4 is 16.0 Å². The first-order valence-corrected chi connectivity index (χ1v) is 32.8. The van der Waals surface area contributed by atoms with Gasteiger partial charge in [0.25, 0.3) is 17.7 Å². The van der Waals surface area contributed by atoms with Crippen LogP contribution in [0.5, 0.6) is 17.2 Å². The zero-order valence-electron chi connectivity index (χ0n) is 55.5. The molecule has 0 saturated heterocycles. The Bertz CT molecular complexity index is 4860. The summed E-state index contributed by atoms with van der Waals surface area (Å²) in [5.74, 6) is -2.75. The van der Waals surface area contributed by atoms with E-state index < -0.39 is 21.8 Å². The Kier molecular flexibility index (Phi) is 17.2. The number of hydrogen-bond donors (Lipinski definition) is 8. The first kappa shape index (κ1) is 67.1. The molecule has 3 aliphatic carbocycles. The van der Waals surface area contributed by atoms with Gasteiger partial charge >= 0.3 is 0 Å². The van der Waals surface area contributed by atoms with E-state index >= 15 is 0 Å². The van der Waals surface area contributed by atoms with Gasteiger partial charge in [0.05, 0.1) is 51.7 Å². The number of aromatic hydroxyl groups is 3. The van der Waals surface area contributed by atoms with Crippen LogP contribution in [0.1, 0.15) is 150 Å². The number of hydrogen-bond acceptors (Lipinski definition) is 14. The van der Waals surface area contributed by atoms with Crippen molar-refractivity contribution in [2.75, 3.05) is 47.9 Å². The number of pyridine rings is 3. The number of amides is 6. The van der Waals surface area contributed by atoms with Crippen LogP contribution in [0.3, 0.4) is 0 Å². The molecular formula is C76H74F3N9O11. The van der Waals surface area contributed by atoms with E-state index in [9.17, 15) is 62.4 Å². The summed E-state index contributed by atoms with van der Waals surface area (Å²) in [5, 5.41) is 62.3. The largest absolute Gasteiger partial charge is 0.505 e. The molecule has 20 nitrogen and oxygen atoms in total. The molecule has 9 aromatic rings. The Morgan fingerprint density at radius 3 is 1.07 bits per heavy atom. The van der Waals surface area contributed by atoms with E-state index in [4.69, 9.17) is 5.11 Å². The van der Waals surface area contributed by atoms with Crippen molar-refractivity contribution in [3.63, 3.8) is 0 Å². The van der Waals surface area contributed by atoms with Crippen molar-refractivity contribution in [2.24, 2.45) is 0 Å². The van der Waals surface area contributed by atoms with E-state index in [-0.39, 0.29) is 124 Å². The lowest BCUT2D eigenvalue weighted by molar-refractivity contribution is -0.126. The third kappa shape index (κ3) is 11.9. The van der Waals surface area contributed by atoms with E-state index in [0.717, 1.165) is 50.1 Å². The number of fused-ring (bicyclic) bond motifs is 6. The fraction of sp³-hybridized carbons (Fsp3) is 0.329. The second-order valence-corrected chi connectivity index (χ2v) is 27.6. The Hall–Kier alpha value is -10.5. The molecular weight excluding hydrogens is 1270 g/mol. The summed E-state index contributed by atoms with van der Waals surface area (Å²) < 4.78 is 39.9. The van der Waals surface area contributed by atoms with Gasteiger partial charge in [-0.05, 0) is 193 Å². The normalized spacial score (nSPS) is 16.4. The summed E-state index contributed by atoms with van der Waals surface area (Å²) in [7, 11) is 6.62. The fourth-order valence-corrected chi connectivity index (χ4v) is 14.6. The number of phenols is 3. The molecule has 3 aliphatic heterocycles. The molecule has 8 N–H and O–H groups in total. The van der Waals surface area contributed by atoms with Crippen molar-refractivity contribution in [3.05, 3.63) is 210 Å². The summed E-state index contributed by atoms with van der Waals surface area (Å²) in [6, 6.07) is 24.5. The number of benzene rings is 6. The van der Waals surface area contributed by atoms with Crippen LogP contribution >= 0.6 is 0 Å². The molecule has 0 spiro atoms. The third-order valence-corrected chi connectivity index (χ3v) is 20.1. The van der Waals surface area contributed by atoms with Crippen molar-refractivity contribution in [1.82, 2.24) is 45.6 Å². The van der Waals surface area contributed by atoms with Gasteiger partial charge in [-0.2, -0.15) is 0 Å². The number of rotatable bonds is 16. The molecule has 6 heterocycles. The van der Waals surface area contributed by atoms with Crippen molar-refractivity contribution >= 4 is 68.2 Å². The number of nitrogens with one attached hydrogen (secondary N) is 3. The lowest BCUT2D eigenvalue weighted by Gasteiger charge is -2.28. The van der Waals surface area contributed by atoms with Gasteiger partial charge in [-0.15, -0.1) is 0 Å². The van der Waals surface area contributed by atoms with Crippen molar-refractivity contribution < 1.29 is 67.5 Å². The van der Waals surface area contributed by atoms with E-state index in [1.54, 1.807) is 102 Å². The summed E-state index contributed by atoms with van der Waals surface area (Å²) in [5.41, 5.74) is 7.90. The van der Waals surface area contributed by atoms with Gasteiger partial charge in [0.1, 0.15) is 34.0 Å². The Morgan fingerprint density at radius 1 is 0.485 bits per heavy atom. The number of nitrogens with zero attached hydrogens (tertiary/aromatic N) is 6. The standard InChI is InChI=1S/C27H28FN3O4.C25H24FN3O4.C24H22FN3O3/c1-26(2,14-32)30-25(35)27(8-9-27)21-18-11-16(10-15-4-6-17(28)7-5-15)12-29-22(18)23(33)20-19(21)13-31(3)24(20)34;1-29-13-18-19(23(29)32)22(31)21-17(20(18)25(6-7-25)24(33)27-8-9-30)11-15(12-28-21)10-14-2-4-16(26)5-3-14;1-26-23(31)24(7-8-24)19-16-10-14(9-13-3-5-15(25)6-4-13)11-27-20(16)21(29)18-17(19)12-28(2)22(18)30/h4-7,11-12,32-33H,8-10,13-14H2,1-3H3,(H,30,35);2-5,11-12,30-31H,6-10,13H2,1H3,(H,27,33);3-6,10-11,29H,7-9,12H2,1-2H3,(H,26,31). The van der Waals surface area contributed by atoms with Gasteiger partial charge in [0.15, 0.2) is 17.2 Å². The number of aliphatic hydroxyl groups is 2. The average molecular weight is 1350 g/mol. The van der Waals surface area contributed by atoms with Crippen molar-refractivity contribution in [2.45, 2.75) is 113 Å². The predicted octanol–water partition coefficient (Wildman–Crippen LogP) is 8.60. The quantitative estimate of drug-likeness (QED) is 0.0450. The molecule has 99 heavy (non-hydrogen) atoms. The van der Waals surface area contributed by atoms with Crippen LogP contribution in [0.25, 0.3) is 32.7 Å². The Morgan fingerprint density at radius 2 is 0.788 bits per heavy atom. The molecule has 6 aromatic carbocycles. The molecule has 510 valence electrons. The summed E-state index contributed by atoms with van der Waals surface area (Å²) in [6.45, 7) is 4.19. The molecule has 6 amide bonds. The second-order valence-electron chi connectivity index (χ2n) is 27.6. The van der Waals surface area contributed by atoms with Gasteiger partial charge in [-0.25, -0.2) is 13.2 Å². The van der Waals surface area contributed by atoms with Crippen LogP contribution in [-0.4, -0.2) is 144 Å². The Balaban J connectivity index is 0.000000134. The third-order valence-electron chi connectivity index (χ3n) is 20.1. The highest BCUT2D eigenvalue weighted by Gasteiger charge is 2.58. The number of likely N-dealkylation sites (N-methyl/N-ethyl adjacent to an activating group) is 1. The molecule has 3 saturated carbocycles. The van der Waals surface area contributed by atoms with Crippen LogP contribution in [0.4, 0.5) is 13.2 Å². The number of phenolic OH excluding ortho intramolecular Hbond substituents is 3. The number of aromatic nitrogens is 3. The molecule has 0 bridgehead atoms. The predicted molar refractivity (Wildman–Crippen MR) is 361 cm³/mol. The highest BCUT2D eigenvalue weighted by molar-refractivity contribution is 6.13. The SMILES string of the molecule is CN1Cc2c(c(O)c3ncc(Cc4ccc(F)cc4)cc3c2C2(C(=O)NC(C)(C)CO)CC2)C1=O.CN1Cc2c(c(O)c3ncc(Cc4ccc(F)cc4)cc3c2C2(C(=O)NCCO)CC2)C1=O.CNC(=O)C1(c2c3c(c(O)c4ncc(Cc5ccc(F)cc5)cc24)C(=O)N(C)C3)CC1. The highest BCUT2D eigenvalue weighted by atomic mass is 19.1. The van der Waals surface area contributed by atoms with Crippen LogP contribution in [0.2, 0.25) is 0 Å². The maximum absolute atomic E-state index is 13.6. The maximum atomic E-state index is 13.6. The van der Waals surface area contributed by atoms with E-state index in [1.165, 1.54) is 46.2 Å². The van der Waals surface area contributed by atoms with Crippen LogP contribution in [-0.2, 0) is 69.5 Å². The molecule has 6 aliphatic rings. The monoisotopic (exact) mass is 1350 g/mol. The number of carbonyl (C=O) groups is 6. The number of carbonyl (C=O) groups excluding carboxylic acids is 6. The zero-order chi connectivity index (χ0) is 70.4.